The number of hydrogen-bond donors (Lipinski definition) is 0. The Balaban J connectivity index is 2.33. The van der Waals surface area contributed by atoms with E-state index in [1.165, 1.54) is 43.5 Å². The van der Waals surface area contributed by atoms with Crippen LogP contribution >= 0.6 is 0 Å². The van der Waals surface area contributed by atoms with Gasteiger partial charge in [0.1, 0.15) is 0 Å². The van der Waals surface area contributed by atoms with E-state index in [0.717, 1.165) is 0 Å². The van der Waals surface area contributed by atoms with Crippen LogP contribution < -0.4 is 0 Å². The Morgan fingerprint density at radius 3 is 2.62 bits per heavy atom. The second-order valence-electron chi connectivity index (χ2n) is 5.63. The van der Waals surface area contributed by atoms with E-state index >= 15 is 0 Å². The fraction of sp³-hybridized carbons (Fsp3) is 0.600. The van der Waals surface area contributed by atoms with Crippen LogP contribution in [0.1, 0.15) is 39.5 Å². The summed E-state index contributed by atoms with van der Waals surface area (Å²) in [5.41, 5.74) is 3.15. The van der Waals surface area contributed by atoms with Crippen molar-refractivity contribution in [2.75, 3.05) is 13.6 Å². The van der Waals surface area contributed by atoms with Gasteiger partial charge < -0.3 is 4.90 Å². The van der Waals surface area contributed by atoms with Crippen LogP contribution in [0.2, 0.25) is 0 Å². The first kappa shape index (κ1) is 11.5. The van der Waals surface area contributed by atoms with Crippen molar-refractivity contribution in [2.24, 2.45) is 5.41 Å². The van der Waals surface area contributed by atoms with Crippen LogP contribution in [0.3, 0.4) is 0 Å². The minimum atomic E-state index is 0.196. The van der Waals surface area contributed by atoms with Crippen molar-refractivity contribution in [3.63, 3.8) is 0 Å². The molecule has 0 saturated heterocycles. The predicted molar refractivity (Wildman–Crippen MR) is 70.2 cm³/mol. The fourth-order valence-electron chi connectivity index (χ4n) is 2.40. The second-order valence-corrected chi connectivity index (χ2v) is 5.63. The maximum atomic E-state index is 2.41. The van der Waals surface area contributed by atoms with Gasteiger partial charge in [0.2, 0.25) is 0 Å². The molecule has 0 aromatic carbocycles. The zero-order valence-electron chi connectivity index (χ0n) is 10.8. The summed E-state index contributed by atoms with van der Waals surface area (Å²) in [6.45, 7) is 5.72. The lowest BCUT2D eigenvalue weighted by Gasteiger charge is -2.25. The highest BCUT2D eigenvalue weighted by Crippen LogP contribution is 2.30. The Kier molecular flexibility index (Phi) is 3.22. The lowest BCUT2D eigenvalue weighted by Crippen LogP contribution is -2.20. The minimum Gasteiger partial charge on any atom is -0.374 e. The molecule has 1 aliphatic carbocycles. The molecule has 0 N–H and O–H groups in total. The summed E-state index contributed by atoms with van der Waals surface area (Å²) in [5.74, 6) is 0. The fourth-order valence-corrected chi connectivity index (χ4v) is 2.40. The number of nitrogens with zero attached hydrogens (tertiary/aromatic N) is 1. The van der Waals surface area contributed by atoms with E-state index in [9.17, 15) is 0 Å². The van der Waals surface area contributed by atoms with E-state index in [1.807, 2.05) is 0 Å². The maximum Gasteiger partial charge on any atom is 0.0393 e. The molecule has 2 aliphatic rings. The molecule has 1 nitrogen and oxygen atoms in total. The molecule has 2 rings (SSSR count). The first-order chi connectivity index (χ1) is 7.58. The first-order valence-electron chi connectivity index (χ1n) is 6.41. The van der Waals surface area contributed by atoms with Gasteiger partial charge in [-0.1, -0.05) is 38.5 Å². The van der Waals surface area contributed by atoms with Crippen LogP contribution in [0, 0.1) is 5.41 Å². The Hall–Kier alpha value is -0.980. The van der Waals surface area contributed by atoms with Gasteiger partial charge in [-0.2, -0.15) is 0 Å². The lowest BCUT2D eigenvalue weighted by molar-refractivity contribution is 0.395. The summed E-state index contributed by atoms with van der Waals surface area (Å²) in [6, 6.07) is 0. The third-order valence-corrected chi connectivity index (χ3v) is 3.56. The summed E-state index contributed by atoms with van der Waals surface area (Å²) in [7, 11) is 2.22. The zero-order valence-corrected chi connectivity index (χ0v) is 10.8. The third-order valence-electron chi connectivity index (χ3n) is 3.56. The van der Waals surface area contributed by atoms with E-state index in [2.05, 4.69) is 50.1 Å². The van der Waals surface area contributed by atoms with Crippen LogP contribution in [0.25, 0.3) is 0 Å². The highest BCUT2D eigenvalue weighted by molar-refractivity contribution is 5.37. The van der Waals surface area contributed by atoms with Crippen molar-refractivity contribution in [2.45, 2.75) is 39.5 Å². The van der Waals surface area contributed by atoms with Gasteiger partial charge in [0.15, 0.2) is 0 Å². The Labute approximate surface area is 99.5 Å². The maximum absolute atomic E-state index is 2.41. The van der Waals surface area contributed by atoms with Crippen molar-refractivity contribution in [1.82, 2.24) is 4.90 Å². The SMILES string of the molecule is CN1CCCCCC2=C1C=CC(C)(C)C=C2. The van der Waals surface area contributed by atoms with Gasteiger partial charge in [0.25, 0.3) is 0 Å². The van der Waals surface area contributed by atoms with Crippen molar-refractivity contribution < 1.29 is 0 Å². The Morgan fingerprint density at radius 2 is 1.81 bits per heavy atom. The summed E-state index contributed by atoms with van der Waals surface area (Å²) >= 11 is 0. The Morgan fingerprint density at radius 1 is 1.06 bits per heavy atom. The van der Waals surface area contributed by atoms with Gasteiger partial charge in [0.05, 0.1) is 0 Å². The largest absolute Gasteiger partial charge is 0.374 e. The summed E-state index contributed by atoms with van der Waals surface area (Å²) in [5, 5.41) is 0. The van der Waals surface area contributed by atoms with Gasteiger partial charge >= 0.3 is 0 Å². The molecule has 0 saturated carbocycles. The van der Waals surface area contributed by atoms with Crippen molar-refractivity contribution in [1.29, 1.82) is 0 Å². The molecule has 1 heterocycles. The van der Waals surface area contributed by atoms with E-state index in [0.29, 0.717) is 0 Å². The molecule has 1 heteroatoms. The molecule has 0 atom stereocenters. The van der Waals surface area contributed by atoms with Gasteiger partial charge in [-0.25, -0.2) is 0 Å². The molecule has 0 bridgehead atoms. The highest BCUT2D eigenvalue weighted by atomic mass is 15.1. The molecule has 88 valence electrons. The molecule has 16 heavy (non-hydrogen) atoms. The van der Waals surface area contributed by atoms with E-state index in [-0.39, 0.29) is 5.41 Å². The average Bonchev–Trinajstić information content (AvgIpc) is 2.34. The van der Waals surface area contributed by atoms with Crippen LogP contribution in [-0.2, 0) is 0 Å². The second kappa shape index (κ2) is 4.48. The topological polar surface area (TPSA) is 3.24 Å². The molecular weight excluding hydrogens is 194 g/mol. The smallest absolute Gasteiger partial charge is 0.0393 e. The molecule has 0 aromatic heterocycles. The molecule has 0 unspecified atom stereocenters. The van der Waals surface area contributed by atoms with E-state index in [4.69, 9.17) is 0 Å². The normalized spacial score (nSPS) is 24.8. The van der Waals surface area contributed by atoms with Crippen LogP contribution in [0.5, 0.6) is 0 Å². The van der Waals surface area contributed by atoms with Crippen molar-refractivity contribution >= 4 is 0 Å². The van der Waals surface area contributed by atoms with Gasteiger partial charge in [-0.05, 0) is 30.9 Å². The average molecular weight is 217 g/mol. The quantitative estimate of drug-likeness (QED) is 0.595. The molecular formula is C15H23N. The van der Waals surface area contributed by atoms with E-state index < -0.39 is 0 Å². The van der Waals surface area contributed by atoms with Gasteiger partial charge in [-0.15, -0.1) is 0 Å². The number of rotatable bonds is 0. The number of likely N-dealkylation sites (N-methyl/N-ethyl adjacent to an activating group) is 1. The van der Waals surface area contributed by atoms with Crippen molar-refractivity contribution in [3.8, 4) is 0 Å². The molecule has 0 radical (unpaired) electrons. The summed E-state index contributed by atoms with van der Waals surface area (Å²) in [4.78, 5) is 2.41. The summed E-state index contributed by atoms with van der Waals surface area (Å²) < 4.78 is 0. The lowest BCUT2D eigenvalue weighted by atomic mass is 9.93. The number of hydrogen-bond acceptors (Lipinski definition) is 1. The highest BCUT2D eigenvalue weighted by Gasteiger charge is 2.17. The Bertz CT molecular complexity index is 344. The first-order valence-corrected chi connectivity index (χ1v) is 6.41. The monoisotopic (exact) mass is 217 g/mol. The minimum absolute atomic E-state index is 0.196. The molecule has 0 amide bonds. The summed E-state index contributed by atoms with van der Waals surface area (Å²) in [6.07, 6.45) is 14.6. The molecule has 0 aromatic rings. The third kappa shape index (κ3) is 2.58. The zero-order chi connectivity index (χ0) is 11.6. The van der Waals surface area contributed by atoms with Gasteiger partial charge in [0, 0.05) is 24.7 Å². The van der Waals surface area contributed by atoms with Gasteiger partial charge in [-0.3, -0.25) is 0 Å². The van der Waals surface area contributed by atoms with Crippen LogP contribution in [0.4, 0.5) is 0 Å². The molecule has 1 aliphatic heterocycles. The standard InChI is InChI=1S/C15H23N/c1-15(2)10-8-13-7-5-4-6-12-16(3)14(13)9-11-15/h8-11H,4-7,12H2,1-3H3. The van der Waals surface area contributed by atoms with Crippen LogP contribution in [0.15, 0.2) is 35.6 Å². The molecule has 0 fully saturated rings. The van der Waals surface area contributed by atoms with Crippen LogP contribution in [-0.4, -0.2) is 18.5 Å². The van der Waals surface area contributed by atoms with Crippen molar-refractivity contribution in [3.05, 3.63) is 35.6 Å². The molecule has 0 spiro atoms. The number of allylic oxidation sites excluding steroid dienone is 5. The predicted octanol–water partition coefficient (Wildman–Crippen LogP) is 3.90. The van der Waals surface area contributed by atoms with E-state index in [1.54, 1.807) is 0 Å².